The van der Waals surface area contributed by atoms with Crippen molar-refractivity contribution in [1.82, 2.24) is 20.2 Å². The molecule has 3 rings (SSSR count). The Hall–Kier alpha value is -2.04. The molecule has 0 aliphatic carbocycles. The lowest BCUT2D eigenvalue weighted by Crippen LogP contribution is -2.34. The molecule has 1 fully saturated rings. The maximum absolute atomic E-state index is 4.45. The number of hydrogen-bond donors (Lipinski definition) is 0. The summed E-state index contributed by atoms with van der Waals surface area (Å²) in [5, 5.41) is 8.40. The van der Waals surface area contributed by atoms with Gasteiger partial charge < -0.3 is 4.90 Å². The molecule has 20 heavy (non-hydrogen) atoms. The predicted octanol–water partition coefficient (Wildman–Crippen LogP) is 2.27. The van der Waals surface area contributed by atoms with Crippen LogP contribution in [0.1, 0.15) is 35.7 Å². The lowest BCUT2D eigenvalue weighted by molar-refractivity contribution is 0.490. The molecule has 0 bridgehead atoms. The maximum Gasteiger partial charge on any atom is 0.151 e. The van der Waals surface area contributed by atoms with Gasteiger partial charge in [0, 0.05) is 30.9 Å². The van der Waals surface area contributed by atoms with E-state index in [0.29, 0.717) is 5.92 Å². The van der Waals surface area contributed by atoms with Gasteiger partial charge in [-0.1, -0.05) is 0 Å². The average molecular weight is 269 g/mol. The van der Waals surface area contributed by atoms with Crippen LogP contribution in [0.5, 0.6) is 0 Å². The summed E-state index contributed by atoms with van der Waals surface area (Å²) in [6.45, 7) is 6.06. The fourth-order valence-corrected chi connectivity index (χ4v) is 2.78. The van der Waals surface area contributed by atoms with Gasteiger partial charge in [-0.3, -0.25) is 0 Å². The Labute approximate surface area is 119 Å². The highest BCUT2D eigenvalue weighted by Gasteiger charge is 2.23. The third-order valence-corrected chi connectivity index (χ3v) is 3.93. The van der Waals surface area contributed by atoms with Crippen molar-refractivity contribution in [1.29, 1.82) is 0 Å². The summed E-state index contributed by atoms with van der Waals surface area (Å²) in [6.07, 6.45) is 5.77. The lowest BCUT2D eigenvalue weighted by atomic mass is 9.91. The van der Waals surface area contributed by atoms with Gasteiger partial charge in [0.1, 0.15) is 6.33 Å². The van der Waals surface area contributed by atoms with Crippen molar-refractivity contribution >= 4 is 5.82 Å². The van der Waals surface area contributed by atoms with E-state index in [1.807, 2.05) is 19.2 Å². The SMILES string of the molecule is Cc1ccc(N2CCC(c3ncncc3C)CC2)nn1. The fraction of sp³-hybridized carbons (Fsp3) is 0.467. The molecule has 3 heterocycles. The number of aromatic nitrogens is 4. The van der Waals surface area contributed by atoms with E-state index < -0.39 is 0 Å². The fourth-order valence-electron chi connectivity index (χ4n) is 2.78. The standard InChI is InChI=1S/C15H19N5/c1-11-9-16-10-17-15(11)13-5-7-20(8-6-13)14-4-3-12(2)18-19-14/h3-4,9-10,13H,5-8H2,1-2H3. The summed E-state index contributed by atoms with van der Waals surface area (Å²) >= 11 is 0. The molecule has 2 aromatic heterocycles. The summed E-state index contributed by atoms with van der Waals surface area (Å²) < 4.78 is 0. The molecule has 0 saturated carbocycles. The molecule has 5 nitrogen and oxygen atoms in total. The van der Waals surface area contributed by atoms with Gasteiger partial charge in [-0.2, -0.15) is 5.10 Å². The summed E-state index contributed by atoms with van der Waals surface area (Å²) in [5.74, 6) is 1.51. The third-order valence-electron chi connectivity index (χ3n) is 3.93. The molecule has 0 unspecified atom stereocenters. The van der Waals surface area contributed by atoms with Crippen LogP contribution in [0.15, 0.2) is 24.7 Å². The van der Waals surface area contributed by atoms with Crippen LogP contribution >= 0.6 is 0 Å². The van der Waals surface area contributed by atoms with Crippen LogP contribution in [-0.2, 0) is 0 Å². The smallest absolute Gasteiger partial charge is 0.151 e. The molecular weight excluding hydrogens is 250 g/mol. The molecule has 0 amide bonds. The van der Waals surface area contributed by atoms with Crippen molar-refractivity contribution in [2.45, 2.75) is 32.6 Å². The van der Waals surface area contributed by atoms with E-state index in [4.69, 9.17) is 0 Å². The van der Waals surface area contributed by atoms with Crippen LogP contribution < -0.4 is 4.90 Å². The van der Waals surface area contributed by atoms with Gasteiger partial charge >= 0.3 is 0 Å². The summed E-state index contributed by atoms with van der Waals surface area (Å²) in [6, 6.07) is 4.07. The molecule has 2 aromatic rings. The number of piperidine rings is 1. The predicted molar refractivity (Wildman–Crippen MR) is 77.7 cm³/mol. The minimum Gasteiger partial charge on any atom is -0.355 e. The topological polar surface area (TPSA) is 54.8 Å². The molecule has 1 aliphatic heterocycles. The van der Waals surface area contributed by atoms with Crippen LogP contribution in [0.3, 0.4) is 0 Å². The average Bonchev–Trinajstić information content (AvgIpc) is 2.49. The largest absolute Gasteiger partial charge is 0.355 e. The number of rotatable bonds is 2. The Balaban J connectivity index is 1.68. The van der Waals surface area contributed by atoms with Crippen molar-refractivity contribution in [2.75, 3.05) is 18.0 Å². The number of aryl methyl sites for hydroxylation is 2. The van der Waals surface area contributed by atoms with Gasteiger partial charge in [-0.25, -0.2) is 9.97 Å². The number of anilines is 1. The molecule has 0 spiro atoms. The van der Waals surface area contributed by atoms with Gasteiger partial charge in [-0.05, 0) is 44.4 Å². The summed E-state index contributed by atoms with van der Waals surface area (Å²) in [5.41, 5.74) is 3.36. The molecule has 0 aromatic carbocycles. The number of nitrogens with zero attached hydrogens (tertiary/aromatic N) is 5. The van der Waals surface area contributed by atoms with Crippen LogP contribution in [0, 0.1) is 13.8 Å². The maximum atomic E-state index is 4.45. The van der Waals surface area contributed by atoms with E-state index in [1.54, 1.807) is 6.33 Å². The minimum absolute atomic E-state index is 0.535. The van der Waals surface area contributed by atoms with Crippen molar-refractivity contribution in [3.8, 4) is 0 Å². The van der Waals surface area contributed by atoms with Gasteiger partial charge in [0.05, 0.1) is 5.69 Å². The second-order valence-electron chi connectivity index (χ2n) is 5.39. The first-order chi connectivity index (χ1) is 9.74. The quantitative estimate of drug-likeness (QED) is 0.837. The van der Waals surface area contributed by atoms with Crippen LogP contribution in [0.25, 0.3) is 0 Å². The Morgan fingerprint density at radius 2 is 1.90 bits per heavy atom. The van der Waals surface area contributed by atoms with Gasteiger partial charge in [0.15, 0.2) is 5.82 Å². The molecule has 5 heteroatoms. The number of hydrogen-bond acceptors (Lipinski definition) is 5. The van der Waals surface area contributed by atoms with Gasteiger partial charge in [-0.15, -0.1) is 5.10 Å². The first kappa shape index (κ1) is 13.0. The van der Waals surface area contributed by atoms with Crippen molar-refractivity contribution in [3.05, 3.63) is 41.6 Å². The second-order valence-corrected chi connectivity index (χ2v) is 5.39. The van der Waals surface area contributed by atoms with Crippen LogP contribution in [0.4, 0.5) is 5.82 Å². The summed E-state index contributed by atoms with van der Waals surface area (Å²) in [4.78, 5) is 10.8. The zero-order valence-corrected chi connectivity index (χ0v) is 12.0. The molecule has 0 atom stereocenters. The van der Waals surface area contributed by atoms with Gasteiger partial charge in [0.2, 0.25) is 0 Å². The third kappa shape index (κ3) is 2.61. The van der Waals surface area contributed by atoms with E-state index in [-0.39, 0.29) is 0 Å². The molecule has 1 aliphatic rings. The van der Waals surface area contributed by atoms with Crippen molar-refractivity contribution in [2.24, 2.45) is 0 Å². The van der Waals surface area contributed by atoms with Crippen LogP contribution in [0.2, 0.25) is 0 Å². The Morgan fingerprint density at radius 1 is 1.10 bits per heavy atom. The Bertz CT molecular complexity index is 573. The molecular formula is C15H19N5. The van der Waals surface area contributed by atoms with Gasteiger partial charge in [0.25, 0.3) is 0 Å². The molecule has 0 radical (unpaired) electrons. The monoisotopic (exact) mass is 269 g/mol. The highest BCUT2D eigenvalue weighted by atomic mass is 15.3. The normalized spacial score (nSPS) is 16.4. The summed E-state index contributed by atoms with van der Waals surface area (Å²) in [7, 11) is 0. The molecule has 0 N–H and O–H groups in total. The lowest BCUT2D eigenvalue weighted by Gasteiger charge is -2.32. The van der Waals surface area contributed by atoms with E-state index in [2.05, 4.69) is 38.1 Å². The van der Waals surface area contributed by atoms with Crippen molar-refractivity contribution in [3.63, 3.8) is 0 Å². The first-order valence-electron chi connectivity index (χ1n) is 7.06. The molecule has 104 valence electrons. The zero-order valence-electron chi connectivity index (χ0n) is 12.0. The first-order valence-corrected chi connectivity index (χ1v) is 7.06. The molecule has 1 saturated heterocycles. The van der Waals surface area contributed by atoms with E-state index in [9.17, 15) is 0 Å². The second kappa shape index (κ2) is 5.53. The minimum atomic E-state index is 0.535. The Kier molecular flexibility index (Phi) is 3.58. The van der Waals surface area contributed by atoms with E-state index in [0.717, 1.165) is 37.4 Å². The highest BCUT2D eigenvalue weighted by molar-refractivity contribution is 5.38. The Morgan fingerprint density at radius 3 is 2.55 bits per heavy atom. The van der Waals surface area contributed by atoms with E-state index >= 15 is 0 Å². The van der Waals surface area contributed by atoms with E-state index in [1.165, 1.54) is 11.3 Å². The zero-order chi connectivity index (χ0) is 13.9. The highest BCUT2D eigenvalue weighted by Crippen LogP contribution is 2.29. The van der Waals surface area contributed by atoms with Crippen molar-refractivity contribution < 1.29 is 0 Å². The van der Waals surface area contributed by atoms with Crippen LogP contribution in [-0.4, -0.2) is 33.3 Å².